The van der Waals surface area contributed by atoms with Crippen molar-refractivity contribution in [3.63, 3.8) is 0 Å². The van der Waals surface area contributed by atoms with E-state index in [0.29, 0.717) is 13.0 Å². The molecule has 0 aliphatic carbocycles. The van der Waals surface area contributed by atoms with Crippen molar-refractivity contribution in [3.05, 3.63) is 72.8 Å². The molecule has 136 valence electrons. The summed E-state index contributed by atoms with van der Waals surface area (Å²) in [6.07, 6.45) is 3.49. The maximum absolute atomic E-state index is 12.8. The van der Waals surface area contributed by atoms with Crippen molar-refractivity contribution in [2.75, 3.05) is 12.3 Å². The minimum absolute atomic E-state index is 0.132. The summed E-state index contributed by atoms with van der Waals surface area (Å²) in [5.41, 5.74) is 0.796. The average Bonchev–Trinajstić information content (AvgIpc) is 3.15. The van der Waals surface area contributed by atoms with Crippen molar-refractivity contribution in [1.29, 1.82) is 0 Å². The summed E-state index contributed by atoms with van der Waals surface area (Å²) in [4.78, 5) is 1.09. The molecule has 0 saturated heterocycles. The molecular formula is C18H18FN3O2S2. The van der Waals surface area contributed by atoms with Gasteiger partial charge >= 0.3 is 0 Å². The fourth-order valence-corrected chi connectivity index (χ4v) is 4.11. The summed E-state index contributed by atoms with van der Waals surface area (Å²) in [5, 5.41) is 4.11. The van der Waals surface area contributed by atoms with Crippen molar-refractivity contribution in [3.8, 4) is 5.69 Å². The van der Waals surface area contributed by atoms with Crippen LogP contribution in [0.1, 0.15) is 6.42 Å². The van der Waals surface area contributed by atoms with Crippen molar-refractivity contribution in [2.45, 2.75) is 16.2 Å². The molecule has 1 aromatic heterocycles. The van der Waals surface area contributed by atoms with Crippen molar-refractivity contribution < 1.29 is 12.8 Å². The number of thioether (sulfide) groups is 1. The predicted molar refractivity (Wildman–Crippen MR) is 100 cm³/mol. The maximum Gasteiger partial charge on any atom is 0.243 e. The third-order valence-electron chi connectivity index (χ3n) is 3.59. The molecule has 0 aliphatic rings. The summed E-state index contributed by atoms with van der Waals surface area (Å²) in [5.74, 6) is 0.468. The lowest BCUT2D eigenvalue weighted by Crippen LogP contribution is -2.24. The summed E-state index contributed by atoms with van der Waals surface area (Å²) in [6.45, 7) is 0.326. The van der Waals surface area contributed by atoms with E-state index in [2.05, 4.69) is 9.82 Å². The molecule has 2 aromatic carbocycles. The molecule has 0 aliphatic heterocycles. The zero-order valence-electron chi connectivity index (χ0n) is 13.9. The number of sulfonamides is 1. The predicted octanol–water partition coefficient (Wildman–Crippen LogP) is 3.47. The van der Waals surface area contributed by atoms with E-state index in [9.17, 15) is 12.8 Å². The van der Waals surface area contributed by atoms with E-state index < -0.39 is 10.0 Å². The monoisotopic (exact) mass is 391 g/mol. The van der Waals surface area contributed by atoms with Gasteiger partial charge in [0.1, 0.15) is 10.7 Å². The smallest absolute Gasteiger partial charge is 0.240 e. The number of benzene rings is 2. The molecule has 0 unspecified atom stereocenters. The average molecular weight is 391 g/mol. The van der Waals surface area contributed by atoms with Gasteiger partial charge in [-0.25, -0.2) is 22.2 Å². The lowest BCUT2D eigenvalue weighted by molar-refractivity contribution is 0.581. The Balaban J connectivity index is 1.50. The summed E-state index contributed by atoms with van der Waals surface area (Å²) in [6, 6.07) is 15.6. The first-order valence-electron chi connectivity index (χ1n) is 8.03. The highest BCUT2D eigenvalue weighted by atomic mass is 32.2. The molecule has 3 aromatic rings. The van der Waals surface area contributed by atoms with Crippen LogP contribution in [0.25, 0.3) is 5.69 Å². The van der Waals surface area contributed by atoms with Crippen LogP contribution < -0.4 is 4.72 Å². The Hall–Kier alpha value is -2.16. The molecule has 26 heavy (non-hydrogen) atoms. The van der Waals surface area contributed by atoms with Crippen LogP contribution in [0.2, 0.25) is 0 Å². The molecule has 0 spiro atoms. The molecule has 1 N–H and O–H groups in total. The Kier molecular flexibility index (Phi) is 6.08. The van der Waals surface area contributed by atoms with Gasteiger partial charge < -0.3 is 0 Å². The van der Waals surface area contributed by atoms with Gasteiger partial charge in [-0.2, -0.15) is 5.10 Å². The van der Waals surface area contributed by atoms with Gasteiger partial charge in [-0.3, -0.25) is 0 Å². The Morgan fingerprint density at radius 2 is 1.81 bits per heavy atom. The van der Waals surface area contributed by atoms with Crippen LogP contribution in [0, 0.1) is 5.82 Å². The van der Waals surface area contributed by atoms with E-state index in [-0.39, 0.29) is 10.7 Å². The Morgan fingerprint density at radius 3 is 2.54 bits per heavy atom. The highest BCUT2D eigenvalue weighted by Gasteiger charge is 2.16. The summed E-state index contributed by atoms with van der Waals surface area (Å²) >= 11 is 1.56. The van der Waals surface area contributed by atoms with Gasteiger partial charge in [-0.05, 0) is 48.6 Å². The van der Waals surface area contributed by atoms with Gasteiger partial charge in [-0.1, -0.05) is 18.2 Å². The lowest BCUT2D eigenvalue weighted by atomic mass is 10.3. The standard InChI is InChI=1S/C18H18FN3O2S2/c19-15-7-9-17(10-8-15)25-12-4-11-21-26(23,24)18-13-20-22(14-18)16-5-2-1-3-6-16/h1-3,5-10,13-14,21H,4,11-12H2. The molecule has 0 fully saturated rings. The number of para-hydroxylation sites is 1. The second kappa shape index (κ2) is 8.48. The van der Waals surface area contributed by atoms with Crippen LogP contribution in [0.3, 0.4) is 0 Å². The molecule has 8 heteroatoms. The summed E-state index contributed by atoms with van der Waals surface area (Å²) in [7, 11) is -3.59. The molecule has 0 atom stereocenters. The van der Waals surface area contributed by atoms with Crippen LogP contribution in [0.5, 0.6) is 0 Å². The third kappa shape index (κ3) is 4.94. The van der Waals surface area contributed by atoms with E-state index in [1.807, 2.05) is 30.3 Å². The quantitative estimate of drug-likeness (QED) is 0.472. The SMILES string of the molecule is O=S(=O)(NCCCSc1ccc(F)cc1)c1cnn(-c2ccccc2)c1. The highest BCUT2D eigenvalue weighted by molar-refractivity contribution is 7.99. The second-order valence-corrected chi connectivity index (χ2v) is 8.45. The van der Waals surface area contributed by atoms with E-state index in [4.69, 9.17) is 0 Å². The van der Waals surface area contributed by atoms with Gasteiger partial charge in [0.25, 0.3) is 0 Å². The molecular weight excluding hydrogens is 373 g/mol. The Labute approximate surface area is 156 Å². The normalized spacial score (nSPS) is 11.6. The van der Waals surface area contributed by atoms with Crippen LogP contribution in [-0.4, -0.2) is 30.5 Å². The first kappa shape index (κ1) is 18.6. The molecule has 5 nitrogen and oxygen atoms in total. The molecule has 0 bridgehead atoms. The minimum Gasteiger partial charge on any atom is -0.240 e. The van der Waals surface area contributed by atoms with Gasteiger partial charge in [0.15, 0.2) is 0 Å². The van der Waals surface area contributed by atoms with Crippen molar-refractivity contribution >= 4 is 21.8 Å². The number of halogens is 1. The largest absolute Gasteiger partial charge is 0.243 e. The van der Waals surface area contributed by atoms with Gasteiger partial charge in [0, 0.05) is 11.4 Å². The Bertz CT molecular complexity index is 942. The number of hydrogen-bond donors (Lipinski definition) is 1. The molecule has 3 rings (SSSR count). The molecule has 0 radical (unpaired) electrons. The number of nitrogens with zero attached hydrogens (tertiary/aromatic N) is 2. The van der Waals surface area contributed by atoms with Gasteiger partial charge in [-0.15, -0.1) is 11.8 Å². The van der Waals surface area contributed by atoms with Crippen LogP contribution >= 0.6 is 11.8 Å². The second-order valence-electron chi connectivity index (χ2n) is 5.51. The topological polar surface area (TPSA) is 64.0 Å². The van der Waals surface area contributed by atoms with E-state index in [0.717, 1.165) is 16.3 Å². The fourth-order valence-electron chi connectivity index (χ4n) is 2.25. The van der Waals surface area contributed by atoms with Crippen molar-refractivity contribution in [2.24, 2.45) is 0 Å². The third-order valence-corrected chi connectivity index (χ3v) is 6.10. The zero-order chi connectivity index (χ0) is 18.4. The fraction of sp³-hybridized carbons (Fsp3) is 0.167. The molecule has 0 saturated carbocycles. The minimum atomic E-state index is -3.59. The molecule has 1 heterocycles. The summed E-state index contributed by atoms with van der Waals surface area (Å²) < 4.78 is 41.6. The van der Waals surface area contributed by atoms with Gasteiger partial charge in [0.2, 0.25) is 10.0 Å². The van der Waals surface area contributed by atoms with Crippen LogP contribution in [-0.2, 0) is 10.0 Å². The lowest BCUT2D eigenvalue weighted by Gasteiger charge is -2.05. The van der Waals surface area contributed by atoms with Crippen LogP contribution in [0.15, 0.2) is 76.8 Å². The first-order chi connectivity index (χ1) is 12.5. The van der Waals surface area contributed by atoms with Crippen LogP contribution in [0.4, 0.5) is 4.39 Å². The number of nitrogens with one attached hydrogen (secondary N) is 1. The van der Waals surface area contributed by atoms with E-state index in [1.165, 1.54) is 29.2 Å². The highest BCUT2D eigenvalue weighted by Crippen LogP contribution is 2.19. The maximum atomic E-state index is 12.8. The number of rotatable bonds is 8. The van der Waals surface area contributed by atoms with Gasteiger partial charge in [0.05, 0.1) is 18.1 Å². The van der Waals surface area contributed by atoms with E-state index in [1.54, 1.807) is 23.9 Å². The van der Waals surface area contributed by atoms with Crippen molar-refractivity contribution in [1.82, 2.24) is 14.5 Å². The first-order valence-corrected chi connectivity index (χ1v) is 10.5. The molecule has 0 amide bonds. The number of aromatic nitrogens is 2. The Morgan fingerprint density at radius 1 is 1.08 bits per heavy atom. The van der Waals surface area contributed by atoms with E-state index >= 15 is 0 Å². The zero-order valence-corrected chi connectivity index (χ0v) is 15.5. The number of hydrogen-bond acceptors (Lipinski definition) is 4.